The van der Waals surface area contributed by atoms with Gasteiger partial charge in [0.2, 0.25) is 10.0 Å². The molecule has 0 atom stereocenters. The van der Waals surface area contributed by atoms with Crippen LogP contribution in [-0.2, 0) is 14.8 Å². The third-order valence-corrected chi connectivity index (χ3v) is 4.20. The second-order valence-corrected chi connectivity index (χ2v) is 6.12. The third-order valence-electron chi connectivity index (χ3n) is 2.77. The van der Waals surface area contributed by atoms with Gasteiger partial charge in [-0.25, -0.2) is 13.1 Å². The molecule has 0 aliphatic carbocycles. The molecule has 0 aromatic heterocycles. The van der Waals surface area contributed by atoms with Crippen LogP contribution in [-0.4, -0.2) is 54.7 Å². The van der Waals surface area contributed by atoms with E-state index < -0.39 is 10.0 Å². The summed E-state index contributed by atoms with van der Waals surface area (Å²) < 4.78 is 30.2. The van der Waals surface area contributed by atoms with Crippen molar-refractivity contribution in [1.29, 1.82) is 0 Å². The maximum Gasteiger partial charge on any atom is 0.251 e. The monoisotopic (exact) mass is 351 g/mol. The largest absolute Gasteiger partial charge is 0.383 e. The van der Waals surface area contributed by atoms with Crippen molar-refractivity contribution in [2.24, 2.45) is 0 Å². The van der Waals surface area contributed by atoms with Crippen molar-refractivity contribution in [3.8, 4) is 0 Å². The molecule has 1 aromatic rings. The molecule has 1 aromatic carbocycles. The first-order chi connectivity index (χ1) is 10.0. The number of methoxy groups -OCH3 is 1. The van der Waals surface area contributed by atoms with Gasteiger partial charge in [0, 0.05) is 32.3 Å². The van der Waals surface area contributed by atoms with Crippen LogP contribution in [0, 0.1) is 0 Å². The predicted molar refractivity (Wildman–Crippen MR) is 87.0 cm³/mol. The minimum absolute atomic E-state index is 0. The number of rotatable bonds is 9. The molecule has 22 heavy (non-hydrogen) atoms. The second-order valence-electron chi connectivity index (χ2n) is 4.23. The zero-order valence-corrected chi connectivity index (χ0v) is 14.2. The van der Waals surface area contributed by atoms with E-state index >= 15 is 0 Å². The standard InChI is InChI=1S/C13H21N3O4S.ClH/c1-14-21(18,19)12-5-3-11(4-6-12)13(17)16-8-7-15-9-10-20-2;/h3-6,14-15H,7-10H2,1-2H3,(H,16,17);1H. The van der Waals surface area contributed by atoms with Gasteiger partial charge in [0.1, 0.15) is 0 Å². The lowest BCUT2D eigenvalue weighted by atomic mass is 10.2. The number of hydrogen-bond acceptors (Lipinski definition) is 5. The molecule has 9 heteroatoms. The van der Waals surface area contributed by atoms with Gasteiger partial charge < -0.3 is 15.4 Å². The summed E-state index contributed by atoms with van der Waals surface area (Å²) in [6, 6.07) is 5.77. The van der Waals surface area contributed by atoms with Crippen LogP contribution < -0.4 is 15.4 Å². The summed E-state index contributed by atoms with van der Waals surface area (Å²) in [5.74, 6) is -0.239. The lowest BCUT2D eigenvalue weighted by molar-refractivity contribution is 0.0953. The number of ether oxygens (including phenoxy) is 1. The number of amides is 1. The van der Waals surface area contributed by atoms with Crippen LogP contribution in [0.5, 0.6) is 0 Å². The number of sulfonamides is 1. The maximum atomic E-state index is 11.8. The zero-order valence-electron chi connectivity index (χ0n) is 12.6. The number of nitrogens with one attached hydrogen (secondary N) is 3. The van der Waals surface area contributed by atoms with Gasteiger partial charge in [-0.1, -0.05) is 0 Å². The summed E-state index contributed by atoms with van der Waals surface area (Å²) in [5.41, 5.74) is 0.418. The van der Waals surface area contributed by atoms with Gasteiger partial charge in [-0.15, -0.1) is 12.4 Å². The first kappa shape index (κ1) is 20.8. The minimum atomic E-state index is -3.47. The van der Waals surface area contributed by atoms with E-state index in [1.54, 1.807) is 7.11 Å². The topological polar surface area (TPSA) is 96.5 Å². The third kappa shape index (κ3) is 6.71. The van der Waals surface area contributed by atoms with Gasteiger partial charge in [-0.05, 0) is 31.3 Å². The Hall–Kier alpha value is -1.19. The SMILES string of the molecule is CNS(=O)(=O)c1ccc(C(=O)NCCNCCOC)cc1.Cl. The normalized spacial score (nSPS) is 10.8. The molecule has 1 rings (SSSR count). The average molecular weight is 352 g/mol. The van der Waals surface area contributed by atoms with E-state index in [0.29, 0.717) is 25.3 Å². The lowest BCUT2D eigenvalue weighted by Crippen LogP contribution is -2.33. The Labute approximate surface area is 137 Å². The van der Waals surface area contributed by atoms with Crippen molar-refractivity contribution >= 4 is 28.3 Å². The van der Waals surface area contributed by atoms with E-state index in [1.807, 2.05) is 0 Å². The first-order valence-electron chi connectivity index (χ1n) is 6.52. The summed E-state index contributed by atoms with van der Waals surface area (Å²) in [5, 5.41) is 5.84. The van der Waals surface area contributed by atoms with Gasteiger partial charge in [0.25, 0.3) is 5.91 Å². The van der Waals surface area contributed by atoms with Gasteiger partial charge >= 0.3 is 0 Å². The van der Waals surface area contributed by atoms with Gasteiger partial charge in [-0.3, -0.25) is 4.79 Å². The number of benzene rings is 1. The summed E-state index contributed by atoms with van der Waals surface area (Å²) in [6.45, 7) is 2.47. The maximum absolute atomic E-state index is 11.8. The molecule has 0 aliphatic rings. The average Bonchev–Trinajstić information content (AvgIpc) is 2.50. The molecule has 0 radical (unpaired) electrons. The molecule has 3 N–H and O–H groups in total. The Bertz CT molecular complexity index is 549. The van der Waals surface area contributed by atoms with Gasteiger partial charge in [-0.2, -0.15) is 0 Å². The second kappa shape index (κ2) is 10.5. The van der Waals surface area contributed by atoms with E-state index in [2.05, 4.69) is 15.4 Å². The number of hydrogen-bond donors (Lipinski definition) is 3. The molecule has 0 saturated heterocycles. The van der Waals surface area contributed by atoms with Crippen LogP contribution in [0.4, 0.5) is 0 Å². The highest BCUT2D eigenvalue weighted by atomic mass is 35.5. The Morgan fingerprint density at radius 3 is 2.32 bits per heavy atom. The van der Waals surface area contributed by atoms with Gasteiger partial charge in [0.05, 0.1) is 11.5 Å². The van der Waals surface area contributed by atoms with Crippen molar-refractivity contribution < 1.29 is 17.9 Å². The van der Waals surface area contributed by atoms with Crippen LogP contribution in [0.1, 0.15) is 10.4 Å². The first-order valence-corrected chi connectivity index (χ1v) is 8.01. The Balaban J connectivity index is 0.00000441. The highest BCUT2D eigenvalue weighted by Gasteiger charge is 2.12. The highest BCUT2D eigenvalue weighted by Crippen LogP contribution is 2.09. The Morgan fingerprint density at radius 1 is 1.14 bits per heavy atom. The van der Waals surface area contributed by atoms with Crippen LogP contribution in [0.15, 0.2) is 29.2 Å². The summed E-state index contributed by atoms with van der Waals surface area (Å²) in [4.78, 5) is 12.0. The molecular weight excluding hydrogens is 330 g/mol. The molecular formula is C13H22ClN3O4S. The molecule has 0 bridgehead atoms. The molecule has 0 heterocycles. The molecule has 0 fully saturated rings. The fourth-order valence-corrected chi connectivity index (χ4v) is 2.30. The molecule has 126 valence electrons. The smallest absolute Gasteiger partial charge is 0.251 e. The van der Waals surface area contributed by atoms with E-state index in [1.165, 1.54) is 31.3 Å². The zero-order chi connectivity index (χ0) is 15.7. The fraction of sp³-hybridized carbons (Fsp3) is 0.462. The van der Waals surface area contributed by atoms with Crippen LogP contribution >= 0.6 is 12.4 Å². The fourth-order valence-electron chi connectivity index (χ4n) is 1.57. The number of halogens is 1. The summed E-state index contributed by atoms with van der Waals surface area (Å²) in [6.07, 6.45) is 0. The van der Waals surface area contributed by atoms with Crippen LogP contribution in [0.25, 0.3) is 0 Å². The van der Waals surface area contributed by atoms with E-state index in [0.717, 1.165) is 6.54 Å². The molecule has 0 unspecified atom stereocenters. The Kier molecular flexibility index (Phi) is 9.95. The number of carbonyl (C=O) groups is 1. The van der Waals surface area contributed by atoms with E-state index in [-0.39, 0.29) is 23.2 Å². The van der Waals surface area contributed by atoms with Gasteiger partial charge in [0.15, 0.2) is 0 Å². The quantitative estimate of drug-likeness (QED) is 0.543. The summed E-state index contributed by atoms with van der Waals surface area (Å²) >= 11 is 0. The van der Waals surface area contributed by atoms with E-state index in [4.69, 9.17) is 4.74 Å². The summed E-state index contributed by atoms with van der Waals surface area (Å²) in [7, 11) is -0.508. The van der Waals surface area contributed by atoms with Crippen molar-refractivity contribution in [2.75, 3.05) is 40.4 Å². The molecule has 0 aliphatic heterocycles. The minimum Gasteiger partial charge on any atom is -0.383 e. The predicted octanol–water partition coefficient (Wildman–Crippen LogP) is -0.0177. The molecule has 0 saturated carbocycles. The molecule has 7 nitrogen and oxygen atoms in total. The number of carbonyl (C=O) groups excluding carboxylic acids is 1. The Morgan fingerprint density at radius 2 is 1.77 bits per heavy atom. The van der Waals surface area contributed by atoms with Crippen molar-refractivity contribution in [1.82, 2.24) is 15.4 Å². The van der Waals surface area contributed by atoms with Crippen LogP contribution in [0.2, 0.25) is 0 Å². The van der Waals surface area contributed by atoms with Crippen molar-refractivity contribution in [3.63, 3.8) is 0 Å². The van der Waals surface area contributed by atoms with E-state index in [9.17, 15) is 13.2 Å². The van der Waals surface area contributed by atoms with Crippen molar-refractivity contribution in [3.05, 3.63) is 29.8 Å². The molecule has 0 spiro atoms. The molecule has 1 amide bonds. The lowest BCUT2D eigenvalue weighted by Gasteiger charge is -2.07. The van der Waals surface area contributed by atoms with Crippen molar-refractivity contribution in [2.45, 2.75) is 4.90 Å². The van der Waals surface area contributed by atoms with Crippen LogP contribution in [0.3, 0.4) is 0 Å². The highest BCUT2D eigenvalue weighted by molar-refractivity contribution is 7.89.